The molecule has 2 aromatic carbocycles. The molecular weight excluding hydrogens is 358 g/mol. The van der Waals surface area contributed by atoms with Crippen molar-refractivity contribution in [1.82, 2.24) is 9.80 Å². The van der Waals surface area contributed by atoms with E-state index in [1.165, 1.54) is 12.0 Å². The topological polar surface area (TPSA) is 35.6 Å². The number of piperidine rings is 1. The molecule has 4 rings (SSSR count). The third kappa shape index (κ3) is 3.97. The van der Waals surface area contributed by atoms with Crippen molar-refractivity contribution in [2.75, 3.05) is 25.0 Å². The highest BCUT2D eigenvalue weighted by atomic mass is 35.5. The Morgan fingerprint density at radius 3 is 2.48 bits per heavy atom. The van der Waals surface area contributed by atoms with Crippen molar-refractivity contribution in [2.45, 2.75) is 37.8 Å². The lowest BCUT2D eigenvalue weighted by atomic mass is 9.86. The largest absolute Gasteiger partial charge is 0.323 e. The van der Waals surface area contributed by atoms with E-state index in [0.717, 1.165) is 56.2 Å². The van der Waals surface area contributed by atoms with Gasteiger partial charge < -0.3 is 10.2 Å². The summed E-state index contributed by atoms with van der Waals surface area (Å²) in [6, 6.07) is 17.8. The Morgan fingerprint density at radius 2 is 1.70 bits per heavy atom. The Bertz CT molecular complexity index is 797. The van der Waals surface area contributed by atoms with Crippen LogP contribution in [0, 0.1) is 0 Å². The van der Waals surface area contributed by atoms with Gasteiger partial charge in [-0.1, -0.05) is 48.0 Å². The minimum atomic E-state index is 0.00451. The van der Waals surface area contributed by atoms with Gasteiger partial charge in [-0.05, 0) is 56.0 Å². The quantitative estimate of drug-likeness (QED) is 0.809. The highest BCUT2D eigenvalue weighted by Crippen LogP contribution is 2.39. The summed E-state index contributed by atoms with van der Waals surface area (Å²) in [7, 11) is 0. The minimum Gasteiger partial charge on any atom is -0.323 e. The number of carbonyl (C=O) groups excluding carboxylic acids is 1. The molecule has 4 nitrogen and oxygen atoms in total. The van der Waals surface area contributed by atoms with Crippen LogP contribution >= 0.6 is 11.6 Å². The lowest BCUT2D eigenvalue weighted by molar-refractivity contribution is 0.0534. The maximum absolute atomic E-state index is 12.8. The summed E-state index contributed by atoms with van der Waals surface area (Å²) < 4.78 is 0. The number of likely N-dealkylation sites (tertiary alicyclic amines) is 2. The molecule has 2 amide bonds. The Morgan fingerprint density at radius 1 is 1.00 bits per heavy atom. The van der Waals surface area contributed by atoms with Crippen LogP contribution in [0.4, 0.5) is 10.5 Å². The van der Waals surface area contributed by atoms with Crippen LogP contribution < -0.4 is 5.32 Å². The summed E-state index contributed by atoms with van der Waals surface area (Å²) in [5.74, 6) is 0. The first-order valence-electron chi connectivity index (χ1n) is 9.76. The average Bonchev–Trinajstić information content (AvgIpc) is 3.06. The first-order valence-corrected chi connectivity index (χ1v) is 10.1. The SMILES string of the molecule is O=C(Nc1ccccc1)N1CCCC2(CCCN2Cc2ccccc2Cl)C1. The van der Waals surface area contributed by atoms with Gasteiger partial charge in [-0.2, -0.15) is 0 Å². The number of nitrogens with zero attached hydrogens (tertiary/aromatic N) is 2. The molecule has 2 heterocycles. The standard InChI is InChI=1S/C22H26ClN3O/c23-20-11-5-4-8-18(20)16-26-15-7-13-22(26)12-6-14-25(17-22)21(27)24-19-9-2-1-3-10-19/h1-5,8-11H,6-7,12-17H2,(H,24,27). The van der Waals surface area contributed by atoms with Gasteiger partial charge in [0.25, 0.3) is 0 Å². The van der Waals surface area contributed by atoms with Gasteiger partial charge in [-0.25, -0.2) is 4.79 Å². The fraction of sp³-hybridized carbons (Fsp3) is 0.409. The molecule has 0 radical (unpaired) electrons. The van der Waals surface area contributed by atoms with Crippen LogP contribution in [0.5, 0.6) is 0 Å². The fourth-order valence-electron chi connectivity index (χ4n) is 4.55. The molecule has 142 valence electrons. The van der Waals surface area contributed by atoms with Crippen LogP contribution in [0.2, 0.25) is 5.02 Å². The predicted octanol–water partition coefficient (Wildman–Crippen LogP) is 5.00. The second-order valence-electron chi connectivity index (χ2n) is 7.66. The molecule has 2 aliphatic heterocycles. The van der Waals surface area contributed by atoms with Crippen LogP contribution in [0.25, 0.3) is 0 Å². The van der Waals surface area contributed by atoms with Gasteiger partial charge in [0, 0.05) is 35.9 Å². The molecule has 0 aromatic heterocycles. The molecule has 1 N–H and O–H groups in total. The Labute approximate surface area is 166 Å². The van der Waals surface area contributed by atoms with Crippen molar-refractivity contribution >= 4 is 23.3 Å². The number of nitrogens with one attached hydrogen (secondary N) is 1. The number of rotatable bonds is 3. The number of hydrogen-bond acceptors (Lipinski definition) is 2. The van der Waals surface area contributed by atoms with Crippen molar-refractivity contribution < 1.29 is 4.79 Å². The zero-order valence-corrected chi connectivity index (χ0v) is 16.3. The van der Waals surface area contributed by atoms with E-state index in [4.69, 9.17) is 11.6 Å². The highest BCUT2D eigenvalue weighted by molar-refractivity contribution is 6.31. The van der Waals surface area contributed by atoms with Gasteiger partial charge in [0.15, 0.2) is 0 Å². The van der Waals surface area contributed by atoms with Crippen molar-refractivity contribution in [3.05, 3.63) is 65.2 Å². The van der Waals surface area contributed by atoms with Gasteiger partial charge in [-0.3, -0.25) is 4.90 Å². The maximum Gasteiger partial charge on any atom is 0.321 e. The molecule has 1 spiro atoms. The van der Waals surface area contributed by atoms with Gasteiger partial charge in [0.2, 0.25) is 0 Å². The number of benzene rings is 2. The van der Waals surface area contributed by atoms with Crippen molar-refractivity contribution in [2.24, 2.45) is 0 Å². The molecular formula is C22H26ClN3O. The third-order valence-corrected chi connectivity index (χ3v) is 6.30. The second-order valence-corrected chi connectivity index (χ2v) is 8.07. The molecule has 0 bridgehead atoms. The van der Waals surface area contributed by atoms with E-state index >= 15 is 0 Å². The van der Waals surface area contributed by atoms with Gasteiger partial charge in [0.1, 0.15) is 0 Å². The van der Waals surface area contributed by atoms with Crippen LogP contribution in [0.3, 0.4) is 0 Å². The molecule has 1 atom stereocenters. The van der Waals surface area contributed by atoms with Gasteiger partial charge in [-0.15, -0.1) is 0 Å². The Balaban J connectivity index is 1.47. The van der Waals surface area contributed by atoms with Crippen LogP contribution in [-0.4, -0.2) is 41.0 Å². The second kappa shape index (κ2) is 7.91. The summed E-state index contributed by atoms with van der Waals surface area (Å²) in [4.78, 5) is 17.3. The van der Waals surface area contributed by atoms with Crippen LogP contribution in [0.15, 0.2) is 54.6 Å². The number of anilines is 1. The normalized spacial score (nSPS) is 22.9. The van der Waals surface area contributed by atoms with Gasteiger partial charge >= 0.3 is 6.03 Å². The molecule has 2 aliphatic rings. The van der Waals surface area contributed by atoms with E-state index < -0.39 is 0 Å². The van der Waals surface area contributed by atoms with E-state index in [2.05, 4.69) is 16.3 Å². The molecule has 2 saturated heterocycles. The summed E-state index contributed by atoms with van der Waals surface area (Å²) in [5, 5.41) is 3.87. The molecule has 0 aliphatic carbocycles. The Hall–Kier alpha value is -2.04. The number of carbonyl (C=O) groups is 1. The number of hydrogen-bond donors (Lipinski definition) is 1. The van der Waals surface area contributed by atoms with Crippen LogP contribution in [0.1, 0.15) is 31.2 Å². The van der Waals surface area contributed by atoms with Crippen molar-refractivity contribution in [1.29, 1.82) is 0 Å². The first-order chi connectivity index (χ1) is 13.2. The first kappa shape index (κ1) is 18.3. The summed E-state index contributed by atoms with van der Waals surface area (Å²) in [6.45, 7) is 3.53. The molecule has 5 heteroatoms. The summed E-state index contributed by atoms with van der Waals surface area (Å²) in [6.07, 6.45) is 4.51. The van der Waals surface area contributed by atoms with Gasteiger partial charge in [0.05, 0.1) is 0 Å². The van der Waals surface area contributed by atoms with Crippen molar-refractivity contribution in [3.63, 3.8) is 0 Å². The van der Waals surface area contributed by atoms with E-state index in [1.54, 1.807) is 0 Å². The zero-order chi connectivity index (χ0) is 18.7. The molecule has 2 aromatic rings. The molecule has 2 fully saturated rings. The smallest absolute Gasteiger partial charge is 0.321 e. The zero-order valence-electron chi connectivity index (χ0n) is 15.5. The van der Waals surface area contributed by atoms with E-state index in [0.29, 0.717) is 0 Å². The van der Waals surface area contributed by atoms with Crippen LogP contribution in [-0.2, 0) is 6.54 Å². The molecule has 0 saturated carbocycles. The number of halogens is 1. The third-order valence-electron chi connectivity index (χ3n) is 5.93. The molecule has 27 heavy (non-hydrogen) atoms. The summed E-state index contributed by atoms with van der Waals surface area (Å²) in [5.41, 5.74) is 2.10. The number of para-hydroxylation sites is 1. The van der Waals surface area contributed by atoms with Crippen molar-refractivity contribution in [3.8, 4) is 0 Å². The van der Waals surface area contributed by atoms with E-state index in [9.17, 15) is 4.79 Å². The highest BCUT2D eigenvalue weighted by Gasteiger charge is 2.44. The lowest BCUT2D eigenvalue weighted by Crippen LogP contribution is -2.57. The van der Waals surface area contributed by atoms with E-state index in [1.807, 2.05) is 53.4 Å². The predicted molar refractivity (Wildman–Crippen MR) is 110 cm³/mol. The monoisotopic (exact) mass is 383 g/mol. The molecule has 1 unspecified atom stereocenters. The number of urea groups is 1. The Kier molecular flexibility index (Phi) is 5.37. The lowest BCUT2D eigenvalue weighted by Gasteiger charge is -2.46. The summed E-state index contributed by atoms with van der Waals surface area (Å²) >= 11 is 6.40. The average molecular weight is 384 g/mol. The number of amides is 2. The van der Waals surface area contributed by atoms with E-state index in [-0.39, 0.29) is 11.6 Å². The minimum absolute atomic E-state index is 0.00451. The fourth-order valence-corrected chi connectivity index (χ4v) is 4.74. The maximum atomic E-state index is 12.8.